The van der Waals surface area contributed by atoms with Gasteiger partial charge < -0.3 is 0 Å². The average Bonchev–Trinajstić information content (AvgIpc) is 1.35. The van der Waals surface area contributed by atoms with Crippen LogP contribution in [0.3, 0.4) is 0 Å². The molecule has 0 bridgehead atoms. The van der Waals surface area contributed by atoms with Crippen molar-refractivity contribution in [1.82, 2.24) is 0 Å². The Bertz CT molecular complexity index is 25.1. The quantitative estimate of drug-likeness (QED) is 0.580. The number of hydrogen-bond donors (Lipinski definition) is 0. The molecule has 1 atom stereocenters. The average molecular weight is 191 g/mol. The molecule has 1 heteroatoms. The molecule has 0 aromatic heterocycles. The van der Waals surface area contributed by atoms with Crippen molar-refractivity contribution in [3.63, 3.8) is 0 Å². The van der Waals surface area contributed by atoms with Crippen LogP contribution in [0, 0.1) is 0 Å². The maximum absolute atomic E-state index is 2.31. The summed E-state index contributed by atoms with van der Waals surface area (Å²) in [6, 6.07) is 0. The Labute approximate surface area is 53.4 Å². The summed E-state index contributed by atoms with van der Waals surface area (Å²) in [6.45, 7) is 4.55. The van der Waals surface area contributed by atoms with Crippen LogP contribution in [0.4, 0.5) is 0 Å². The molecule has 0 aromatic rings. The molecular formula is C5H12Sn. The van der Waals surface area contributed by atoms with Crippen molar-refractivity contribution in [2.45, 2.75) is 30.6 Å². The van der Waals surface area contributed by atoms with Gasteiger partial charge in [0.1, 0.15) is 0 Å². The van der Waals surface area contributed by atoms with E-state index in [1.165, 1.54) is 35.4 Å². The Balaban J connectivity index is 2.63. The maximum atomic E-state index is 2.31. The first-order chi connectivity index (χ1) is 2.77. The zero-order chi connectivity index (χ0) is 4.99. The van der Waals surface area contributed by atoms with Gasteiger partial charge in [-0.25, -0.2) is 0 Å². The molecule has 2 radical (unpaired) electrons. The summed E-state index contributed by atoms with van der Waals surface area (Å²) in [4.78, 5) is 0. The molecule has 0 nitrogen and oxygen atoms in total. The van der Waals surface area contributed by atoms with Crippen LogP contribution in [-0.2, 0) is 0 Å². The van der Waals surface area contributed by atoms with Gasteiger partial charge in [0.2, 0.25) is 0 Å². The van der Waals surface area contributed by atoms with E-state index in [0.717, 1.165) is 3.93 Å². The second-order valence-corrected chi connectivity index (χ2v) is 5.01. The molecule has 0 aliphatic heterocycles. The zero-order valence-electron chi connectivity index (χ0n) is 4.57. The predicted molar refractivity (Wildman–Crippen MR) is 31.5 cm³/mol. The van der Waals surface area contributed by atoms with E-state index in [2.05, 4.69) is 13.8 Å². The second-order valence-electron chi connectivity index (χ2n) is 1.77. The van der Waals surface area contributed by atoms with E-state index in [0.29, 0.717) is 0 Å². The van der Waals surface area contributed by atoms with E-state index in [9.17, 15) is 0 Å². The molecule has 0 aliphatic carbocycles. The summed E-state index contributed by atoms with van der Waals surface area (Å²) < 4.78 is 1.03. The Hall–Kier alpha value is 0.799. The van der Waals surface area contributed by atoms with Gasteiger partial charge in [0.25, 0.3) is 0 Å². The van der Waals surface area contributed by atoms with E-state index in [4.69, 9.17) is 0 Å². The van der Waals surface area contributed by atoms with Crippen molar-refractivity contribution >= 4 is 22.5 Å². The summed E-state index contributed by atoms with van der Waals surface area (Å²) in [5.41, 5.74) is 0. The Morgan fingerprint density at radius 3 is 2.17 bits per heavy atom. The van der Waals surface area contributed by atoms with Crippen LogP contribution in [0.1, 0.15) is 26.7 Å². The molecule has 1 unspecified atom stereocenters. The number of hydrogen-bond acceptors (Lipinski definition) is 0. The molecule has 0 rings (SSSR count). The minimum absolute atomic E-state index is 1.03. The normalized spacial score (nSPS) is 14.5. The topological polar surface area (TPSA) is 0 Å². The molecule has 0 heterocycles. The zero-order valence-corrected chi connectivity index (χ0v) is 7.86. The first-order valence-corrected chi connectivity index (χ1v) is 4.43. The van der Waals surface area contributed by atoms with Crippen LogP contribution in [-0.4, -0.2) is 22.5 Å². The van der Waals surface area contributed by atoms with Crippen LogP contribution in [0.15, 0.2) is 0 Å². The van der Waals surface area contributed by atoms with Crippen molar-refractivity contribution in [3.05, 3.63) is 0 Å². The molecule has 6 heavy (non-hydrogen) atoms. The molecule has 0 fully saturated rings. The van der Waals surface area contributed by atoms with Gasteiger partial charge in [-0.2, -0.15) is 0 Å². The first kappa shape index (κ1) is 6.80. The van der Waals surface area contributed by atoms with Crippen molar-refractivity contribution in [2.24, 2.45) is 0 Å². The summed E-state index contributed by atoms with van der Waals surface area (Å²) in [6.07, 6.45) is 2.80. The van der Waals surface area contributed by atoms with E-state index in [1.54, 1.807) is 0 Å². The standard InChI is InChI=1S/C5H11.Sn.H/c1-3-5-4-2;;/h3H,4-5H2,1-2H3;;. The molecule has 0 amide bonds. The fourth-order valence-electron chi connectivity index (χ4n) is 0.455. The molecular weight excluding hydrogens is 179 g/mol. The third-order valence-corrected chi connectivity index (χ3v) is 1.70. The van der Waals surface area contributed by atoms with Gasteiger partial charge in [-0.05, 0) is 0 Å². The predicted octanol–water partition coefficient (Wildman–Crippen LogP) is 1.50. The van der Waals surface area contributed by atoms with Crippen LogP contribution in [0.5, 0.6) is 0 Å². The van der Waals surface area contributed by atoms with Crippen molar-refractivity contribution in [2.75, 3.05) is 0 Å². The molecule has 0 spiro atoms. The molecule has 0 aliphatic rings. The third-order valence-electron chi connectivity index (χ3n) is 0.744. The van der Waals surface area contributed by atoms with Crippen LogP contribution in [0.2, 0.25) is 3.93 Å². The first-order valence-electron chi connectivity index (χ1n) is 2.53. The van der Waals surface area contributed by atoms with Gasteiger partial charge in [0, 0.05) is 0 Å². The van der Waals surface area contributed by atoms with Gasteiger partial charge in [0.05, 0.1) is 0 Å². The van der Waals surface area contributed by atoms with E-state index >= 15 is 0 Å². The van der Waals surface area contributed by atoms with Gasteiger partial charge in [-0.15, -0.1) is 0 Å². The van der Waals surface area contributed by atoms with Gasteiger partial charge in [-0.1, -0.05) is 0 Å². The third kappa shape index (κ3) is 4.80. The molecule has 0 N–H and O–H groups in total. The fourth-order valence-corrected chi connectivity index (χ4v) is 1.41. The Kier molecular flexibility index (Phi) is 4.50. The van der Waals surface area contributed by atoms with E-state index in [1.807, 2.05) is 0 Å². The Morgan fingerprint density at radius 1 is 1.67 bits per heavy atom. The minimum atomic E-state index is 1.03. The Morgan fingerprint density at radius 2 is 2.17 bits per heavy atom. The SMILES string of the molecule is CCC[CH](C)[SnH]. The van der Waals surface area contributed by atoms with Crippen LogP contribution >= 0.6 is 0 Å². The monoisotopic (exact) mass is 192 g/mol. The second kappa shape index (κ2) is 3.97. The molecule has 36 valence electrons. The van der Waals surface area contributed by atoms with Crippen LogP contribution < -0.4 is 0 Å². The van der Waals surface area contributed by atoms with E-state index < -0.39 is 0 Å². The summed E-state index contributed by atoms with van der Waals surface area (Å²) >= 11 is 1.43. The summed E-state index contributed by atoms with van der Waals surface area (Å²) in [7, 11) is 0. The molecule has 0 aromatic carbocycles. The van der Waals surface area contributed by atoms with E-state index in [-0.39, 0.29) is 0 Å². The van der Waals surface area contributed by atoms with Crippen molar-refractivity contribution in [3.8, 4) is 0 Å². The van der Waals surface area contributed by atoms with Crippen molar-refractivity contribution in [1.29, 1.82) is 0 Å². The van der Waals surface area contributed by atoms with Crippen molar-refractivity contribution < 1.29 is 0 Å². The summed E-state index contributed by atoms with van der Waals surface area (Å²) in [5, 5.41) is 0. The summed E-state index contributed by atoms with van der Waals surface area (Å²) in [5.74, 6) is 0. The molecule has 0 saturated heterocycles. The fraction of sp³-hybridized carbons (Fsp3) is 1.00. The van der Waals surface area contributed by atoms with Gasteiger partial charge >= 0.3 is 53.1 Å². The van der Waals surface area contributed by atoms with Gasteiger partial charge in [-0.3, -0.25) is 0 Å². The van der Waals surface area contributed by atoms with Gasteiger partial charge in [0.15, 0.2) is 0 Å². The number of rotatable bonds is 2. The molecule has 0 saturated carbocycles. The van der Waals surface area contributed by atoms with Crippen LogP contribution in [0.25, 0.3) is 0 Å².